The molecule has 0 spiro atoms. The fourth-order valence-electron chi connectivity index (χ4n) is 2.77. The van der Waals surface area contributed by atoms with E-state index in [9.17, 15) is 13.6 Å². The van der Waals surface area contributed by atoms with Crippen molar-refractivity contribution < 1.29 is 13.6 Å². The predicted octanol–water partition coefficient (Wildman–Crippen LogP) is 4.03. The van der Waals surface area contributed by atoms with Gasteiger partial charge in [-0.2, -0.15) is 0 Å². The molecule has 0 unspecified atom stereocenters. The van der Waals surface area contributed by atoms with Gasteiger partial charge in [0.25, 0.3) is 0 Å². The summed E-state index contributed by atoms with van der Waals surface area (Å²) in [5.41, 5.74) is 0.993. The molecule has 0 heterocycles. The van der Waals surface area contributed by atoms with Crippen LogP contribution < -0.4 is 10.6 Å². The smallest absolute Gasteiger partial charge is 0.241 e. The van der Waals surface area contributed by atoms with Gasteiger partial charge in [0, 0.05) is 12.1 Å². The Morgan fingerprint density at radius 3 is 2.50 bits per heavy atom. The number of carbonyl (C=O) groups is 1. The van der Waals surface area contributed by atoms with Crippen LogP contribution in [0.1, 0.15) is 31.4 Å². The van der Waals surface area contributed by atoms with Gasteiger partial charge >= 0.3 is 0 Å². The van der Waals surface area contributed by atoms with E-state index in [0.717, 1.165) is 36.6 Å². The summed E-state index contributed by atoms with van der Waals surface area (Å²) in [6.07, 6.45) is 2.25. The molecule has 2 aromatic rings. The summed E-state index contributed by atoms with van der Waals surface area (Å²) in [4.78, 5) is 12.3. The van der Waals surface area contributed by atoms with Gasteiger partial charge in [-0.3, -0.25) is 10.1 Å². The quantitative estimate of drug-likeness (QED) is 0.839. The number of nitrogens with one attached hydrogen (secondary N) is 2. The molecule has 1 aliphatic carbocycles. The van der Waals surface area contributed by atoms with Gasteiger partial charge in [-0.15, -0.1) is 0 Å². The van der Waals surface area contributed by atoms with Crippen molar-refractivity contribution in [2.24, 2.45) is 5.92 Å². The first-order chi connectivity index (χ1) is 11.5. The topological polar surface area (TPSA) is 41.1 Å². The second-order valence-electron chi connectivity index (χ2n) is 6.23. The molecule has 1 fully saturated rings. The predicted molar refractivity (Wildman–Crippen MR) is 89.5 cm³/mol. The summed E-state index contributed by atoms with van der Waals surface area (Å²) in [6, 6.07) is 12.5. The molecule has 126 valence electrons. The standard InChI is InChI=1S/C19H20F2N2O/c1-12(19(24)23-17-11-15(20)9-10-16(17)21)22-18(14-7-8-14)13-5-3-2-4-6-13/h2-6,9-12,14,18,22H,7-8H2,1H3,(H,23,24)/t12-,18+/m1/s1. The fourth-order valence-corrected chi connectivity index (χ4v) is 2.77. The number of carbonyl (C=O) groups excluding carboxylic acids is 1. The second kappa shape index (κ2) is 7.09. The lowest BCUT2D eigenvalue weighted by molar-refractivity contribution is -0.118. The third kappa shape index (κ3) is 3.97. The molecule has 1 aliphatic rings. The molecular formula is C19H20F2N2O. The van der Waals surface area contributed by atoms with Crippen LogP contribution in [0.4, 0.5) is 14.5 Å². The number of rotatable bonds is 6. The van der Waals surface area contributed by atoms with Gasteiger partial charge in [-0.25, -0.2) is 8.78 Å². The van der Waals surface area contributed by atoms with Crippen LogP contribution >= 0.6 is 0 Å². The molecule has 0 radical (unpaired) electrons. The third-order valence-electron chi connectivity index (χ3n) is 4.26. The Kier molecular flexibility index (Phi) is 4.90. The van der Waals surface area contributed by atoms with Crippen molar-refractivity contribution in [3.63, 3.8) is 0 Å². The maximum absolute atomic E-state index is 13.7. The average Bonchev–Trinajstić information content (AvgIpc) is 3.41. The largest absolute Gasteiger partial charge is 0.322 e. The van der Waals surface area contributed by atoms with E-state index in [1.54, 1.807) is 6.92 Å². The van der Waals surface area contributed by atoms with Gasteiger partial charge in [0.05, 0.1) is 11.7 Å². The van der Waals surface area contributed by atoms with Gasteiger partial charge in [-0.1, -0.05) is 30.3 Å². The van der Waals surface area contributed by atoms with Gasteiger partial charge < -0.3 is 5.32 Å². The van der Waals surface area contributed by atoms with E-state index in [0.29, 0.717) is 5.92 Å². The molecule has 0 aromatic heterocycles. The Balaban J connectivity index is 1.67. The fraction of sp³-hybridized carbons (Fsp3) is 0.316. The van der Waals surface area contributed by atoms with Crippen molar-refractivity contribution >= 4 is 11.6 Å². The number of amides is 1. The molecule has 24 heavy (non-hydrogen) atoms. The lowest BCUT2D eigenvalue weighted by Crippen LogP contribution is -2.41. The summed E-state index contributed by atoms with van der Waals surface area (Å²) in [7, 11) is 0. The maximum Gasteiger partial charge on any atom is 0.241 e. The van der Waals surface area contributed by atoms with Crippen molar-refractivity contribution in [1.29, 1.82) is 0 Å². The molecule has 3 nitrogen and oxygen atoms in total. The molecular weight excluding hydrogens is 310 g/mol. The van der Waals surface area contributed by atoms with Crippen molar-refractivity contribution in [3.05, 3.63) is 65.7 Å². The summed E-state index contributed by atoms with van der Waals surface area (Å²) in [5, 5.41) is 5.77. The zero-order valence-corrected chi connectivity index (χ0v) is 13.4. The molecule has 1 saturated carbocycles. The summed E-state index contributed by atoms with van der Waals surface area (Å²) < 4.78 is 26.9. The monoisotopic (exact) mass is 330 g/mol. The van der Waals surface area contributed by atoms with Gasteiger partial charge in [0.2, 0.25) is 5.91 Å². The first-order valence-electron chi connectivity index (χ1n) is 8.11. The number of hydrogen-bond donors (Lipinski definition) is 2. The number of benzene rings is 2. The van der Waals surface area contributed by atoms with Crippen LogP contribution in [0.15, 0.2) is 48.5 Å². The highest BCUT2D eigenvalue weighted by Gasteiger charge is 2.34. The molecule has 3 rings (SSSR count). The highest BCUT2D eigenvalue weighted by molar-refractivity contribution is 5.94. The molecule has 2 aromatic carbocycles. The van der Waals surface area contributed by atoms with Gasteiger partial charge in [-0.05, 0) is 43.4 Å². The zero-order chi connectivity index (χ0) is 17.1. The lowest BCUT2D eigenvalue weighted by Gasteiger charge is -2.23. The minimum Gasteiger partial charge on any atom is -0.322 e. The van der Waals surface area contributed by atoms with Gasteiger partial charge in [0.1, 0.15) is 11.6 Å². The van der Waals surface area contributed by atoms with E-state index in [1.165, 1.54) is 0 Å². The first-order valence-corrected chi connectivity index (χ1v) is 8.11. The molecule has 0 saturated heterocycles. The van der Waals surface area contributed by atoms with Crippen LogP contribution in [0.3, 0.4) is 0 Å². The third-order valence-corrected chi connectivity index (χ3v) is 4.26. The van der Waals surface area contributed by atoms with Crippen molar-refractivity contribution in [3.8, 4) is 0 Å². The van der Waals surface area contributed by atoms with Crippen molar-refractivity contribution in [2.45, 2.75) is 31.8 Å². The molecule has 1 amide bonds. The Labute approximate surface area is 140 Å². The van der Waals surface area contributed by atoms with E-state index in [1.807, 2.05) is 30.3 Å². The number of halogens is 2. The summed E-state index contributed by atoms with van der Waals surface area (Å²) in [5.74, 6) is -1.12. The van der Waals surface area contributed by atoms with Crippen LogP contribution in [0.5, 0.6) is 0 Å². The van der Waals surface area contributed by atoms with Crippen LogP contribution in [0, 0.1) is 17.6 Å². The number of anilines is 1. The summed E-state index contributed by atoms with van der Waals surface area (Å²) in [6.45, 7) is 1.73. The Morgan fingerprint density at radius 1 is 1.12 bits per heavy atom. The molecule has 2 atom stereocenters. The van der Waals surface area contributed by atoms with E-state index in [2.05, 4.69) is 10.6 Å². The Bertz CT molecular complexity index is 717. The zero-order valence-electron chi connectivity index (χ0n) is 13.4. The molecule has 0 aliphatic heterocycles. The number of hydrogen-bond acceptors (Lipinski definition) is 2. The average molecular weight is 330 g/mol. The second-order valence-corrected chi connectivity index (χ2v) is 6.23. The van der Waals surface area contributed by atoms with Crippen molar-refractivity contribution in [2.75, 3.05) is 5.32 Å². The van der Waals surface area contributed by atoms with E-state index < -0.39 is 17.7 Å². The van der Waals surface area contributed by atoms with E-state index >= 15 is 0 Å². The minimum atomic E-state index is -0.654. The van der Waals surface area contributed by atoms with Crippen LogP contribution in [0.2, 0.25) is 0 Å². The highest BCUT2D eigenvalue weighted by atomic mass is 19.1. The SMILES string of the molecule is C[C@@H](N[C@@H](c1ccccc1)C1CC1)C(=O)Nc1cc(F)ccc1F. The minimum absolute atomic E-state index is 0.0873. The van der Waals surface area contributed by atoms with Crippen LogP contribution in [-0.2, 0) is 4.79 Å². The van der Waals surface area contributed by atoms with Gasteiger partial charge in [0.15, 0.2) is 0 Å². The van der Waals surface area contributed by atoms with E-state index in [-0.39, 0.29) is 17.6 Å². The molecule has 2 N–H and O–H groups in total. The van der Waals surface area contributed by atoms with Crippen LogP contribution in [-0.4, -0.2) is 11.9 Å². The normalized spacial score (nSPS) is 16.5. The maximum atomic E-state index is 13.7. The summed E-state index contributed by atoms with van der Waals surface area (Å²) >= 11 is 0. The van der Waals surface area contributed by atoms with Crippen molar-refractivity contribution in [1.82, 2.24) is 5.32 Å². The highest BCUT2D eigenvalue weighted by Crippen LogP contribution is 2.41. The molecule has 0 bridgehead atoms. The lowest BCUT2D eigenvalue weighted by atomic mass is 10.0. The van der Waals surface area contributed by atoms with Crippen LogP contribution in [0.25, 0.3) is 0 Å². The van der Waals surface area contributed by atoms with E-state index in [4.69, 9.17) is 0 Å². The Morgan fingerprint density at radius 2 is 1.83 bits per heavy atom. The molecule has 5 heteroatoms. The first kappa shape index (κ1) is 16.6. The Hall–Kier alpha value is -2.27.